The lowest BCUT2D eigenvalue weighted by atomic mass is 10.4. The fourth-order valence-corrected chi connectivity index (χ4v) is 3.06. The highest BCUT2D eigenvalue weighted by Crippen LogP contribution is 2.30. The summed E-state index contributed by atoms with van der Waals surface area (Å²) in [5, 5.41) is 8.91. The summed E-state index contributed by atoms with van der Waals surface area (Å²) in [7, 11) is 1.49. The van der Waals surface area contributed by atoms with Gasteiger partial charge in [-0.3, -0.25) is 0 Å². The van der Waals surface area contributed by atoms with E-state index in [2.05, 4.69) is 9.97 Å². The Kier molecular flexibility index (Phi) is 2.74. The molecule has 0 atom stereocenters. The first-order valence-corrected chi connectivity index (χ1v) is 5.75. The van der Waals surface area contributed by atoms with Crippen molar-refractivity contribution in [3.05, 3.63) is 14.6 Å². The van der Waals surface area contributed by atoms with Gasteiger partial charge in [-0.2, -0.15) is 4.98 Å². The predicted octanol–water partition coefficient (Wildman–Crippen LogP) is 2.00. The molecule has 78 valence electrons. The van der Waals surface area contributed by atoms with E-state index in [1.165, 1.54) is 13.3 Å². The minimum Gasteiger partial charge on any atom is -0.480 e. The molecule has 0 aliphatic heterocycles. The summed E-state index contributed by atoms with van der Waals surface area (Å²) in [6.07, 6.45) is 1.48. The molecular formula is C8H5IN2O3S. The van der Waals surface area contributed by atoms with E-state index in [-0.39, 0.29) is 4.88 Å². The van der Waals surface area contributed by atoms with Crippen LogP contribution < -0.4 is 4.74 Å². The van der Waals surface area contributed by atoms with Crippen LogP contribution in [0.15, 0.2) is 6.20 Å². The van der Waals surface area contributed by atoms with Crippen molar-refractivity contribution >= 4 is 50.2 Å². The van der Waals surface area contributed by atoms with Gasteiger partial charge in [0.2, 0.25) is 5.88 Å². The number of nitrogens with zero attached hydrogens (tertiary/aromatic N) is 2. The van der Waals surface area contributed by atoms with Crippen molar-refractivity contribution in [1.82, 2.24) is 9.97 Å². The van der Waals surface area contributed by atoms with E-state index in [9.17, 15) is 4.79 Å². The SMILES string of the molecule is COc1cnc2c(I)c(C(=O)O)sc2n1. The monoisotopic (exact) mass is 336 g/mol. The number of hydrogen-bond acceptors (Lipinski definition) is 5. The number of carbonyl (C=O) groups is 1. The van der Waals surface area contributed by atoms with Crippen LogP contribution in [0.4, 0.5) is 0 Å². The van der Waals surface area contributed by atoms with Gasteiger partial charge in [0.05, 0.1) is 16.9 Å². The van der Waals surface area contributed by atoms with E-state index in [1.807, 2.05) is 22.6 Å². The Morgan fingerprint density at radius 3 is 3.00 bits per heavy atom. The zero-order valence-corrected chi connectivity index (χ0v) is 10.5. The van der Waals surface area contributed by atoms with Crippen LogP contribution in [0.2, 0.25) is 0 Å². The Bertz CT molecular complexity index is 540. The maximum absolute atomic E-state index is 10.9. The zero-order chi connectivity index (χ0) is 11.0. The van der Waals surface area contributed by atoms with E-state index < -0.39 is 5.97 Å². The third-order valence-electron chi connectivity index (χ3n) is 1.73. The fraction of sp³-hybridized carbons (Fsp3) is 0.125. The van der Waals surface area contributed by atoms with Crippen molar-refractivity contribution in [2.45, 2.75) is 0 Å². The average Bonchev–Trinajstić information content (AvgIpc) is 2.55. The fourth-order valence-electron chi connectivity index (χ4n) is 1.06. The van der Waals surface area contributed by atoms with E-state index in [0.717, 1.165) is 11.3 Å². The Balaban J connectivity index is 2.70. The number of carboxylic acids is 1. The van der Waals surface area contributed by atoms with Crippen molar-refractivity contribution < 1.29 is 14.6 Å². The molecule has 2 aromatic rings. The second kappa shape index (κ2) is 3.89. The van der Waals surface area contributed by atoms with E-state index in [0.29, 0.717) is 19.8 Å². The highest BCUT2D eigenvalue weighted by Gasteiger charge is 2.17. The van der Waals surface area contributed by atoms with Crippen LogP contribution in [0.5, 0.6) is 5.88 Å². The first-order valence-electron chi connectivity index (χ1n) is 3.86. The van der Waals surface area contributed by atoms with Crippen molar-refractivity contribution in [2.75, 3.05) is 7.11 Å². The van der Waals surface area contributed by atoms with Crippen LogP contribution >= 0.6 is 33.9 Å². The molecule has 0 aliphatic carbocycles. The molecule has 0 amide bonds. The number of thiophene rings is 1. The van der Waals surface area contributed by atoms with Gasteiger partial charge < -0.3 is 9.84 Å². The molecule has 0 saturated carbocycles. The smallest absolute Gasteiger partial charge is 0.347 e. The lowest BCUT2D eigenvalue weighted by Crippen LogP contribution is -1.94. The lowest BCUT2D eigenvalue weighted by Gasteiger charge is -1.95. The third kappa shape index (κ3) is 1.76. The van der Waals surface area contributed by atoms with Crippen molar-refractivity contribution in [2.24, 2.45) is 0 Å². The molecule has 0 spiro atoms. The molecule has 7 heteroatoms. The molecule has 1 N–H and O–H groups in total. The highest BCUT2D eigenvalue weighted by molar-refractivity contribution is 14.1. The largest absolute Gasteiger partial charge is 0.480 e. The molecule has 2 heterocycles. The van der Waals surface area contributed by atoms with Gasteiger partial charge in [0.1, 0.15) is 15.2 Å². The number of aromatic nitrogens is 2. The summed E-state index contributed by atoms with van der Waals surface area (Å²) >= 11 is 3.06. The third-order valence-corrected chi connectivity index (χ3v) is 4.20. The number of methoxy groups -OCH3 is 1. The standard InChI is InChI=1S/C8H5IN2O3S/c1-14-3-2-10-5-4(9)6(8(12)13)15-7(5)11-3/h2H,1H3,(H,12,13). The van der Waals surface area contributed by atoms with Crippen LogP contribution in [-0.2, 0) is 0 Å². The predicted molar refractivity (Wildman–Crippen MR) is 63.6 cm³/mol. The second-order valence-electron chi connectivity index (χ2n) is 2.62. The first kappa shape index (κ1) is 10.6. The van der Waals surface area contributed by atoms with Crippen LogP contribution in [0, 0.1) is 3.57 Å². The molecule has 0 radical (unpaired) electrons. The molecule has 0 saturated heterocycles. The quantitative estimate of drug-likeness (QED) is 0.850. The summed E-state index contributed by atoms with van der Waals surface area (Å²) < 4.78 is 5.54. The zero-order valence-electron chi connectivity index (χ0n) is 7.52. The Hall–Kier alpha value is -0.960. The van der Waals surface area contributed by atoms with Gasteiger partial charge in [-0.05, 0) is 22.6 Å². The maximum atomic E-state index is 10.9. The number of fused-ring (bicyclic) bond motifs is 1. The second-order valence-corrected chi connectivity index (χ2v) is 4.69. The Morgan fingerprint density at radius 2 is 2.40 bits per heavy atom. The molecule has 15 heavy (non-hydrogen) atoms. The number of ether oxygens (including phenoxy) is 1. The van der Waals surface area contributed by atoms with Crippen LogP contribution in [0.3, 0.4) is 0 Å². The van der Waals surface area contributed by atoms with Gasteiger partial charge in [0, 0.05) is 0 Å². The van der Waals surface area contributed by atoms with Crippen molar-refractivity contribution in [3.63, 3.8) is 0 Å². The molecule has 0 aliphatic rings. The van der Waals surface area contributed by atoms with Crippen LogP contribution in [0.1, 0.15) is 9.67 Å². The molecule has 0 unspecified atom stereocenters. The van der Waals surface area contributed by atoms with Crippen molar-refractivity contribution in [1.29, 1.82) is 0 Å². The molecule has 5 nitrogen and oxygen atoms in total. The molecule has 0 bridgehead atoms. The molecule has 2 rings (SSSR count). The lowest BCUT2D eigenvalue weighted by molar-refractivity contribution is 0.0701. The average molecular weight is 336 g/mol. The topological polar surface area (TPSA) is 72.3 Å². The minimum absolute atomic E-state index is 0.263. The molecule has 0 aromatic carbocycles. The number of aromatic carboxylic acids is 1. The minimum atomic E-state index is -0.955. The van der Waals surface area contributed by atoms with Gasteiger partial charge in [-0.15, -0.1) is 11.3 Å². The Morgan fingerprint density at radius 1 is 1.67 bits per heavy atom. The van der Waals surface area contributed by atoms with Gasteiger partial charge in [0.15, 0.2) is 0 Å². The highest BCUT2D eigenvalue weighted by atomic mass is 127. The van der Waals surface area contributed by atoms with E-state index >= 15 is 0 Å². The number of carboxylic acid groups (broad SMARTS) is 1. The Labute approximate surface area is 102 Å². The van der Waals surface area contributed by atoms with Gasteiger partial charge in [-0.1, -0.05) is 0 Å². The van der Waals surface area contributed by atoms with Crippen LogP contribution in [-0.4, -0.2) is 28.2 Å². The summed E-state index contributed by atoms with van der Waals surface area (Å²) in [5.41, 5.74) is 0.610. The van der Waals surface area contributed by atoms with Gasteiger partial charge in [-0.25, -0.2) is 9.78 Å². The summed E-state index contributed by atoms with van der Waals surface area (Å²) in [5.74, 6) is -0.569. The normalized spacial score (nSPS) is 10.5. The first-order chi connectivity index (χ1) is 7.13. The van der Waals surface area contributed by atoms with E-state index in [1.54, 1.807) is 0 Å². The van der Waals surface area contributed by atoms with Crippen molar-refractivity contribution in [3.8, 4) is 5.88 Å². The molecule has 2 aromatic heterocycles. The number of hydrogen-bond donors (Lipinski definition) is 1. The maximum Gasteiger partial charge on any atom is 0.347 e. The summed E-state index contributed by atoms with van der Waals surface area (Å²) in [4.78, 5) is 19.9. The summed E-state index contributed by atoms with van der Waals surface area (Å²) in [6.45, 7) is 0. The molecule has 0 fully saturated rings. The summed E-state index contributed by atoms with van der Waals surface area (Å²) in [6, 6.07) is 0. The molecular weight excluding hydrogens is 331 g/mol. The number of rotatable bonds is 2. The van der Waals surface area contributed by atoms with Crippen LogP contribution in [0.25, 0.3) is 10.3 Å². The van der Waals surface area contributed by atoms with E-state index in [4.69, 9.17) is 9.84 Å². The number of halogens is 1. The van der Waals surface area contributed by atoms with Gasteiger partial charge in [0.25, 0.3) is 0 Å². The van der Waals surface area contributed by atoms with Gasteiger partial charge >= 0.3 is 5.97 Å².